The van der Waals surface area contributed by atoms with Crippen molar-refractivity contribution in [3.8, 4) is 23.0 Å². The lowest BCUT2D eigenvalue weighted by Gasteiger charge is -2.17. The number of fused-ring (bicyclic) bond motifs is 1. The zero-order chi connectivity index (χ0) is 24.7. The molecule has 1 heterocycles. The molecule has 3 rings (SSSR count). The van der Waals surface area contributed by atoms with Crippen molar-refractivity contribution in [3.05, 3.63) is 46.5 Å². The fraction of sp³-hybridized carbons (Fsp3) is 0.273. The Labute approximate surface area is 188 Å². The van der Waals surface area contributed by atoms with Crippen LogP contribution in [0.25, 0.3) is 0 Å². The molecule has 0 saturated heterocycles. The van der Waals surface area contributed by atoms with Crippen LogP contribution in [-0.2, 0) is 27.2 Å². The molecule has 2 aromatic carbocycles. The molecule has 0 bridgehead atoms. The van der Waals surface area contributed by atoms with Crippen LogP contribution in [0.4, 0.5) is 0 Å². The minimum atomic E-state index is -1.24. The molecule has 176 valence electrons. The summed E-state index contributed by atoms with van der Waals surface area (Å²) in [6, 6.07) is 5.99. The van der Waals surface area contributed by atoms with Crippen LogP contribution in [0.1, 0.15) is 31.8 Å². The number of carboxylic acid groups (broad SMARTS) is 2. The number of rotatable bonds is 7. The summed E-state index contributed by atoms with van der Waals surface area (Å²) in [6.07, 6.45) is -0.357. The second-order valence-corrected chi connectivity index (χ2v) is 6.54. The summed E-state index contributed by atoms with van der Waals surface area (Å²) in [5, 5.41) is 17.8. The number of carboxylic acids is 2. The third-order valence-corrected chi connectivity index (χ3v) is 4.53. The molecular formula is C22H22O11. The zero-order valence-electron chi connectivity index (χ0n) is 18.3. The number of benzene rings is 2. The average Bonchev–Trinajstić information content (AvgIpc) is 2.76. The molecular weight excluding hydrogens is 440 g/mol. The Bertz CT molecular complexity index is 1090. The average molecular weight is 462 g/mol. The van der Waals surface area contributed by atoms with Gasteiger partial charge in [0.2, 0.25) is 0 Å². The highest BCUT2D eigenvalue weighted by atomic mass is 16.6. The van der Waals surface area contributed by atoms with Crippen LogP contribution in [0.5, 0.6) is 23.0 Å². The zero-order valence-corrected chi connectivity index (χ0v) is 18.3. The lowest BCUT2D eigenvalue weighted by molar-refractivity contribution is -0.138. The first kappa shape index (κ1) is 25.0. The highest BCUT2D eigenvalue weighted by Gasteiger charge is 2.29. The Morgan fingerprint density at radius 1 is 0.879 bits per heavy atom. The number of hydrogen-bond acceptors (Lipinski definition) is 9. The molecule has 0 spiro atoms. The predicted molar refractivity (Wildman–Crippen MR) is 112 cm³/mol. The maximum absolute atomic E-state index is 11.5. The van der Waals surface area contributed by atoms with Crippen LogP contribution >= 0.6 is 0 Å². The van der Waals surface area contributed by atoms with E-state index in [1.54, 1.807) is 12.1 Å². The van der Waals surface area contributed by atoms with E-state index in [2.05, 4.69) is 4.74 Å². The van der Waals surface area contributed by atoms with E-state index in [1.807, 2.05) is 0 Å². The Balaban J connectivity index is 0.000000234. The molecule has 0 aromatic heterocycles. The summed E-state index contributed by atoms with van der Waals surface area (Å²) < 4.78 is 24.5. The molecule has 2 aromatic rings. The lowest BCUT2D eigenvalue weighted by Crippen LogP contribution is -2.23. The van der Waals surface area contributed by atoms with E-state index in [1.165, 1.54) is 40.6 Å². The molecule has 1 aliphatic heterocycles. The number of aliphatic carboxylic acids is 1. The molecule has 11 heteroatoms. The second kappa shape index (κ2) is 10.8. The normalized spacial score (nSPS) is 11.9. The summed E-state index contributed by atoms with van der Waals surface area (Å²) >= 11 is 0. The number of carbonyl (C=O) groups excluding carboxylic acids is 2. The van der Waals surface area contributed by atoms with Gasteiger partial charge in [0.15, 0.2) is 0 Å². The monoisotopic (exact) mass is 462 g/mol. The van der Waals surface area contributed by atoms with Gasteiger partial charge < -0.3 is 33.9 Å². The standard InChI is InChI=1S/C11H12O6.C11H10O5/c1-16-7-3-6(4-9(12)13)10(11(14)15)8(5-7)17-2;1-14-7-3-6-4-9(12)16-11(13)10(6)8(5-7)15-2/h3,5H,4H2,1-2H3,(H,12,13)(H,14,15);3,5H,4H2,1-2H3. The van der Waals surface area contributed by atoms with Crippen molar-refractivity contribution >= 4 is 23.9 Å². The Kier molecular flexibility index (Phi) is 8.21. The van der Waals surface area contributed by atoms with Gasteiger partial charge in [0.05, 0.1) is 41.3 Å². The number of esters is 2. The largest absolute Gasteiger partial charge is 0.497 e. The molecule has 0 saturated carbocycles. The summed E-state index contributed by atoms with van der Waals surface area (Å²) in [6.45, 7) is 0. The van der Waals surface area contributed by atoms with Crippen LogP contribution in [0.3, 0.4) is 0 Å². The first-order chi connectivity index (χ1) is 15.6. The highest BCUT2D eigenvalue weighted by Crippen LogP contribution is 2.32. The smallest absolute Gasteiger partial charge is 0.349 e. The molecule has 11 nitrogen and oxygen atoms in total. The second-order valence-electron chi connectivity index (χ2n) is 6.54. The van der Waals surface area contributed by atoms with Gasteiger partial charge in [-0.05, 0) is 23.3 Å². The van der Waals surface area contributed by atoms with Crippen molar-refractivity contribution in [1.29, 1.82) is 0 Å². The Morgan fingerprint density at radius 2 is 1.45 bits per heavy atom. The van der Waals surface area contributed by atoms with Crippen molar-refractivity contribution in [2.75, 3.05) is 28.4 Å². The predicted octanol–water partition coefficient (Wildman–Crippen LogP) is 1.97. The lowest BCUT2D eigenvalue weighted by atomic mass is 10.0. The first-order valence-electron chi connectivity index (χ1n) is 9.35. The van der Waals surface area contributed by atoms with Crippen molar-refractivity contribution < 1.29 is 53.1 Å². The maximum Gasteiger partial charge on any atom is 0.349 e. The van der Waals surface area contributed by atoms with Gasteiger partial charge in [-0.3, -0.25) is 9.59 Å². The topological polar surface area (TPSA) is 155 Å². The molecule has 2 N–H and O–H groups in total. The van der Waals surface area contributed by atoms with Crippen LogP contribution in [-0.4, -0.2) is 62.5 Å². The molecule has 0 radical (unpaired) electrons. The number of ether oxygens (including phenoxy) is 5. The van der Waals surface area contributed by atoms with Crippen LogP contribution in [0.2, 0.25) is 0 Å². The van der Waals surface area contributed by atoms with Gasteiger partial charge >= 0.3 is 23.9 Å². The third-order valence-electron chi connectivity index (χ3n) is 4.53. The fourth-order valence-electron chi connectivity index (χ4n) is 3.11. The van der Waals surface area contributed by atoms with Gasteiger partial charge in [0, 0.05) is 12.1 Å². The molecule has 0 atom stereocenters. The maximum atomic E-state index is 11.5. The summed E-state index contributed by atoms with van der Waals surface area (Å²) in [7, 11) is 5.66. The molecule has 0 amide bonds. The van der Waals surface area contributed by atoms with E-state index in [4.69, 9.17) is 29.2 Å². The molecule has 0 unspecified atom stereocenters. The van der Waals surface area contributed by atoms with Gasteiger partial charge in [0.25, 0.3) is 0 Å². The van der Waals surface area contributed by atoms with E-state index in [0.717, 1.165) is 0 Å². The van der Waals surface area contributed by atoms with Crippen molar-refractivity contribution in [2.45, 2.75) is 12.8 Å². The van der Waals surface area contributed by atoms with Gasteiger partial charge in [-0.15, -0.1) is 0 Å². The molecule has 1 aliphatic rings. The van der Waals surface area contributed by atoms with Crippen LogP contribution in [0.15, 0.2) is 24.3 Å². The van der Waals surface area contributed by atoms with E-state index in [-0.39, 0.29) is 23.3 Å². The van der Waals surface area contributed by atoms with E-state index >= 15 is 0 Å². The minimum Gasteiger partial charge on any atom is -0.497 e. The SMILES string of the molecule is COc1cc(CC(=O)O)c(C(=O)O)c(OC)c1.COc1cc2c(c(OC)c1)C(=O)OC(=O)C2. The van der Waals surface area contributed by atoms with Crippen LogP contribution < -0.4 is 18.9 Å². The van der Waals surface area contributed by atoms with Gasteiger partial charge in [-0.2, -0.15) is 0 Å². The van der Waals surface area contributed by atoms with E-state index in [9.17, 15) is 19.2 Å². The van der Waals surface area contributed by atoms with Crippen molar-refractivity contribution in [2.24, 2.45) is 0 Å². The van der Waals surface area contributed by atoms with E-state index < -0.39 is 30.3 Å². The van der Waals surface area contributed by atoms with Crippen molar-refractivity contribution in [1.82, 2.24) is 0 Å². The molecule has 0 aliphatic carbocycles. The first-order valence-corrected chi connectivity index (χ1v) is 9.35. The highest BCUT2D eigenvalue weighted by molar-refractivity contribution is 6.04. The summed E-state index contributed by atoms with van der Waals surface area (Å²) in [5.41, 5.74) is 0.845. The van der Waals surface area contributed by atoms with Gasteiger partial charge in [-0.1, -0.05) is 0 Å². The van der Waals surface area contributed by atoms with Crippen molar-refractivity contribution in [3.63, 3.8) is 0 Å². The number of cyclic esters (lactones) is 2. The summed E-state index contributed by atoms with van der Waals surface area (Å²) in [5.74, 6) is -2.27. The molecule has 33 heavy (non-hydrogen) atoms. The number of methoxy groups -OCH3 is 4. The minimum absolute atomic E-state index is 0.0502. The Hall–Kier alpha value is -4.28. The number of carbonyl (C=O) groups is 4. The number of hydrogen-bond donors (Lipinski definition) is 2. The van der Waals surface area contributed by atoms with Gasteiger partial charge in [-0.25, -0.2) is 9.59 Å². The Morgan fingerprint density at radius 3 is 1.97 bits per heavy atom. The van der Waals surface area contributed by atoms with Gasteiger partial charge in [0.1, 0.15) is 34.1 Å². The number of aromatic carboxylic acids is 1. The third kappa shape index (κ3) is 5.91. The fourth-order valence-corrected chi connectivity index (χ4v) is 3.11. The van der Waals surface area contributed by atoms with Crippen LogP contribution in [0, 0.1) is 0 Å². The molecule has 0 fully saturated rings. The van der Waals surface area contributed by atoms with E-state index in [0.29, 0.717) is 28.4 Å². The quantitative estimate of drug-likeness (QED) is 0.458. The summed E-state index contributed by atoms with van der Waals surface area (Å²) in [4.78, 5) is 44.4.